The van der Waals surface area contributed by atoms with Crippen molar-refractivity contribution in [3.05, 3.63) is 52.6 Å². The lowest BCUT2D eigenvalue weighted by Crippen LogP contribution is -2.46. The zero-order valence-corrected chi connectivity index (χ0v) is 16.4. The normalized spacial score (nSPS) is 15.0. The van der Waals surface area contributed by atoms with Gasteiger partial charge in [-0.05, 0) is 24.6 Å². The van der Waals surface area contributed by atoms with Crippen LogP contribution in [0.1, 0.15) is 6.42 Å². The average molecular weight is 396 g/mol. The molecule has 9 heteroatoms. The number of rotatable bonds is 7. The Balaban J connectivity index is 1.33. The van der Waals surface area contributed by atoms with Crippen molar-refractivity contribution in [2.24, 2.45) is 0 Å². The molecule has 2 heterocycles. The van der Waals surface area contributed by atoms with Crippen molar-refractivity contribution < 1.29 is 9.66 Å². The number of nitro benzene ring substituents is 1. The van der Waals surface area contributed by atoms with Gasteiger partial charge in [0.15, 0.2) is 5.52 Å². The van der Waals surface area contributed by atoms with Crippen molar-refractivity contribution in [2.75, 3.05) is 44.7 Å². The number of hydrogen-bond acceptors (Lipinski definition) is 7. The minimum absolute atomic E-state index is 0.0536. The molecule has 29 heavy (non-hydrogen) atoms. The van der Waals surface area contributed by atoms with E-state index in [4.69, 9.17) is 4.74 Å². The van der Waals surface area contributed by atoms with Crippen molar-refractivity contribution in [1.29, 1.82) is 0 Å². The fraction of sp³-hybridized carbons (Fsp3) is 0.400. The van der Waals surface area contributed by atoms with E-state index in [1.54, 1.807) is 23.9 Å². The fourth-order valence-corrected chi connectivity index (χ4v) is 3.86. The van der Waals surface area contributed by atoms with E-state index in [2.05, 4.69) is 26.2 Å². The van der Waals surface area contributed by atoms with E-state index < -0.39 is 0 Å². The third kappa shape index (κ3) is 4.00. The molecule has 0 spiro atoms. The maximum atomic E-state index is 11.3. The monoisotopic (exact) mass is 396 g/mol. The molecule has 4 rings (SSSR count). The van der Waals surface area contributed by atoms with Crippen LogP contribution in [0.3, 0.4) is 0 Å². The third-order valence-electron chi connectivity index (χ3n) is 5.35. The summed E-state index contributed by atoms with van der Waals surface area (Å²) >= 11 is 0. The Hall–Kier alpha value is -3.20. The Labute approximate surface area is 168 Å². The smallest absolute Gasteiger partial charge is 0.296 e. The number of piperazine rings is 1. The van der Waals surface area contributed by atoms with E-state index in [0.717, 1.165) is 50.6 Å². The Bertz CT molecular complexity index is 997. The summed E-state index contributed by atoms with van der Waals surface area (Å²) < 4.78 is 7.13. The van der Waals surface area contributed by atoms with Crippen LogP contribution in [0.15, 0.2) is 42.5 Å². The quantitative estimate of drug-likeness (QED) is 0.448. The topological polar surface area (TPSA) is 89.6 Å². The fourth-order valence-electron chi connectivity index (χ4n) is 3.86. The first-order valence-electron chi connectivity index (χ1n) is 9.74. The molecule has 1 saturated heterocycles. The number of para-hydroxylation sites is 3. The van der Waals surface area contributed by atoms with E-state index >= 15 is 0 Å². The van der Waals surface area contributed by atoms with Gasteiger partial charge in [0, 0.05) is 45.3 Å². The van der Waals surface area contributed by atoms with Gasteiger partial charge in [-0.3, -0.25) is 15.0 Å². The number of fused-ring (bicyclic) bond motifs is 1. The summed E-state index contributed by atoms with van der Waals surface area (Å²) in [4.78, 5) is 15.7. The van der Waals surface area contributed by atoms with Crippen LogP contribution >= 0.6 is 0 Å². The number of benzene rings is 2. The minimum Gasteiger partial charge on any atom is -0.495 e. The molecule has 0 bridgehead atoms. The minimum atomic E-state index is -0.376. The van der Waals surface area contributed by atoms with Gasteiger partial charge in [-0.15, -0.1) is 5.10 Å². The highest BCUT2D eigenvalue weighted by atomic mass is 16.6. The van der Waals surface area contributed by atoms with E-state index in [1.165, 1.54) is 6.07 Å². The number of non-ortho nitro benzene ring substituents is 1. The Kier molecular flexibility index (Phi) is 5.57. The maximum absolute atomic E-state index is 11.3. The number of nitrogens with zero attached hydrogens (tertiary/aromatic N) is 6. The molecule has 3 aromatic rings. The van der Waals surface area contributed by atoms with Crippen LogP contribution in [0, 0.1) is 10.1 Å². The molecule has 1 aliphatic rings. The van der Waals surface area contributed by atoms with Gasteiger partial charge in [0.05, 0.1) is 17.7 Å². The molecular formula is C20H24N6O3. The van der Waals surface area contributed by atoms with Gasteiger partial charge in [0.1, 0.15) is 11.3 Å². The van der Waals surface area contributed by atoms with Gasteiger partial charge in [0.2, 0.25) is 0 Å². The molecule has 0 amide bonds. The third-order valence-corrected chi connectivity index (χ3v) is 5.35. The van der Waals surface area contributed by atoms with Crippen LogP contribution < -0.4 is 9.64 Å². The second-order valence-corrected chi connectivity index (χ2v) is 7.07. The molecule has 0 unspecified atom stereocenters. The number of methoxy groups -OCH3 is 1. The van der Waals surface area contributed by atoms with Crippen LogP contribution in [0.2, 0.25) is 0 Å². The number of ether oxygens (including phenoxy) is 1. The lowest BCUT2D eigenvalue weighted by atomic mass is 10.2. The van der Waals surface area contributed by atoms with Crippen LogP contribution in [0.25, 0.3) is 11.0 Å². The molecule has 0 atom stereocenters. The zero-order chi connectivity index (χ0) is 20.2. The number of aryl methyl sites for hydroxylation is 1. The summed E-state index contributed by atoms with van der Waals surface area (Å²) in [5.74, 6) is 0.903. The Morgan fingerprint density at radius 3 is 2.62 bits per heavy atom. The molecule has 9 nitrogen and oxygen atoms in total. The molecule has 0 saturated carbocycles. The highest BCUT2D eigenvalue weighted by molar-refractivity contribution is 5.83. The molecule has 0 N–H and O–H groups in total. The van der Waals surface area contributed by atoms with E-state index in [1.807, 2.05) is 18.2 Å². The summed E-state index contributed by atoms with van der Waals surface area (Å²) in [6.45, 7) is 5.35. The van der Waals surface area contributed by atoms with Crippen molar-refractivity contribution in [1.82, 2.24) is 19.9 Å². The molecule has 0 aliphatic carbocycles. The highest BCUT2D eigenvalue weighted by Gasteiger charge is 2.20. The van der Waals surface area contributed by atoms with E-state index in [-0.39, 0.29) is 10.6 Å². The Morgan fingerprint density at radius 1 is 1.07 bits per heavy atom. The van der Waals surface area contributed by atoms with Crippen molar-refractivity contribution in [3.63, 3.8) is 0 Å². The van der Waals surface area contributed by atoms with Gasteiger partial charge in [0.25, 0.3) is 5.69 Å². The molecule has 152 valence electrons. The predicted octanol–water partition coefficient (Wildman–Crippen LogP) is 2.56. The summed E-state index contributed by atoms with van der Waals surface area (Å²) in [6, 6.07) is 13.0. The van der Waals surface area contributed by atoms with Gasteiger partial charge < -0.3 is 9.64 Å². The van der Waals surface area contributed by atoms with Crippen LogP contribution in [-0.2, 0) is 6.54 Å². The molecule has 1 aromatic heterocycles. The summed E-state index contributed by atoms with van der Waals surface area (Å²) in [7, 11) is 1.70. The van der Waals surface area contributed by atoms with Gasteiger partial charge >= 0.3 is 0 Å². The molecule has 2 aromatic carbocycles. The zero-order valence-electron chi connectivity index (χ0n) is 16.4. The Morgan fingerprint density at radius 2 is 1.86 bits per heavy atom. The summed E-state index contributed by atoms with van der Waals surface area (Å²) in [6.07, 6.45) is 0.860. The molecule has 0 radical (unpaired) electrons. The van der Waals surface area contributed by atoms with Crippen LogP contribution in [0.5, 0.6) is 5.75 Å². The van der Waals surface area contributed by atoms with Crippen LogP contribution in [0.4, 0.5) is 11.4 Å². The van der Waals surface area contributed by atoms with E-state index in [9.17, 15) is 10.1 Å². The highest BCUT2D eigenvalue weighted by Crippen LogP contribution is 2.28. The summed E-state index contributed by atoms with van der Waals surface area (Å²) in [5, 5.41) is 19.5. The first kappa shape index (κ1) is 19.1. The largest absolute Gasteiger partial charge is 0.495 e. The molecule has 1 aliphatic heterocycles. The van der Waals surface area contributed by atoms with E-state index in [0.29, 0.717) is 17.6 Å². The summed E-state index contributed by atoms with van der Waals surface area (Å²) in [5.41, 5.74) is 2.25. The average Bonchev–Trinajstić information content (AvgIpc) is 3.17. The number of nitro groups is 1. The molecular weight excluding hydrogens is 372 g/mol. The first-order valence-corrected chi connectivity index (χ1v) is 9.74. The molecule has 1 fully saturated rings. The number of anilines is 1. The lowest BCUT2D eigenvalue weighted by Gasteiger charge is -2.36. The van der Waals surface area contributed by atoms with Crippen molar-refractivity contribution in [3.8, 4) is 5.75 Å². The number of hydrogen-bond donors (Lipinski definition) is 0. The SMILES string of the molecule is COc1ccccc1N1CCN(CCCn2nnc3cccc([N+](=O)[O-])c32)CC1. The lowest BCUT2D eigenvalue weighted by molar-refractivity contribution is -0.383. The van der Waals surface area contributed by atoms with Crippen molar-refractivity contribution in [2.45, 2.75) is 13.0 Å². The van der Waals surface area contributed by atoms with Gasteiger partial charge in [-0.25, -0.2) is 4.68 Å². The second-order valence-electron chi connectivity index (χ2n) is 7.07. The first-order chi connectivity index (χ1) is 14.2. The number of aromatic nitrogens is 3. The van der Waals surface area contributed by atoms with Crippen LogP contribution in [-0.4, -0.2) is 64.7 Å². The second kappa shape index (κ2) is 8.44. The van der Waals surface area contributed by atoms with Gasteiger partial charge in [-0.2, -0.15) is 0 Å². The maximum Gasteiger partial charge on any atom is 0.296 e. The van der Waals surface area contributed by atoms with Gasteiger partial charge in [-0.1, -0.05) is 23.4 Å². The predicted molar refractivity (Wildman–Crippen MR) is 110 cm³/mol. The van der Waals surface area contributed by atoms with Crippen molar-refractivity contribution >= 4 is 22.4 Å². The standard InChI is InChI=1S/C20H24N6O3/c1-29-19-9-3-2-7-17(19)24-14-12-23(13-15-24)10-5-11-25-20-16(21-22-25)6-4-8-18(20)26(27)28/h2-4,6-9H,5,10-15H2,1H3.